The number of likely N-dealkylation sites (tertiary alicyclic amines) is 1. The smallest absolute Gasteiger partial charge is 0.222 e. The summed E-state index contributed by atoms with van der Waals surface area (Å²) in [6.07, 6.45) is 10.1. The zero-order valence-corrected chi connectivity index (χ0v) is 16.1. The summed E-state index contributed by atoms with van der Waals surface area (Å²) in [4.78, 5) is 19.0. The second-order valence-corrected chi connectivity index (χ2v) is 6.64. The van der Waals surface area contributed by atoms with Crippen molar-refractivity contribution in [3.05, 3.63) is 18.2 Å². The molecule has 2 unspecified atom stereocenters. The molecule has 0 spiro atoms. The van der Waals surface area contributed by atoms with Crippen LogP contribution in [0.15, 0.2) is 12.4 Å². The van der Waals surface area contributed by atoms with Crippen LogP contribution in [0.5, 0.6) is 0 Å². The zero-order valence-electron chi connectivity index (χ0n) is 14.4. The van der Waals surface area contributed by atoms with Gasteiger partial charge < -0.3 is 14.8 Å². The molecule has 2 fully saturated rings. The molecule has 7 heteroatoms. The maximum Gasteiger partial charge on any atom is 0.222 e. The number of carbonyl (C=O) groups is 1. The highest BCUT2D eigenvalue weighted by Crippen LogP contribution is 2.24. The van der Waals surface area contributed by atoms with E-state index in [0.29, 0.717) is 24.3 Å². The Hall–Kier alpha value is -0.780. The van der Waals surface area contributed by atoms with Gasteiger partial charge in [0.2, 0.25) is 5.91 Å². The molecule has 3 rings (SSSR count). The molecule has 2 atom stereocenters. The molecule has 24 heavy (non-hydrogen) atoms. The van der Waals surface area contributed by atoms with Gasteiger partial charge in [0.15, 0.2) is 0 Å². The van der Waals surface area contributed by atoms with E-state index in [9.17, 15) is 4.79 Å². The summed E-state index contributed by atoms with van der Waals surface area (Å²) in [6, 6.07) is 0.406. The van der Waals surface area contributed by atoms with Crippen molar-refractivity contribution in [3.63, 3.8) is 0 Å². The van der Waals surface area contributed by atoms with Crippen molar-refractivity contribution < 1.29 is 4.79 Å². The van der Waals surface area contributed by atoms with Crippen molar-refractivity contribution in [1.82, 2.24) is 19.8 Å². The van der Waals surface area contributed by atoms with Crippen LogP contribution in [0.1, 0.15) is 50.9 Å². The molecule has 3 heterocycles. The number of nitrogens with zero attached hydrogens (tertiary/aromatic N) is 3. The van der Waals surface area contributed by atoms with E-state index in [4.69, 9.17) is 0 Å². The van der Waals surface area contributed by atoms with Crippen molar-refractivity contribution in [2.45, 2.75) is 51.5 Å². The van der Waals surface area contributed by atoms with E-state index < -0.39 is 0 Å². The summed E-state index contributed by atoms with van der Waals surface area (Å²) in [5.74, 6) is 2.18. The number of aryl methyl sites for hydroxylation is 1. The number of piperidine rings is 1. The Morgan fingerprint density at radius 2 is 2.21 bits per heavy atom. The van der Waals surface area contributed by atoms with Gasteiger partial charge in [0, 0.05) is 38.3 Å². The molecule has 1 aromatic heterocycles. The topological polar surface area (TPSA) is 50.2 Å². The van der Waals surface area contributed by atoms with Gasteiger partial charge in [-0.2, -0.15) is 0 Å². The van der Waals surface area contributed by atoms with E-state index in [-0.39, 0.29) is 24.8 Å². The molecule has 2 saturated heterocycles. The normalized spacial score (nSPS) is 23.5. The lowest BCUT2D eigenvalue weighted by Crippen LogP contribution is -2.41. The lowest BCUT2D eigenvalue weighted by molar-refractivity contribution is -0.133. The van der Waals surface area contributed by atoms with Crippen LogP contribution in [0.4, 0.5) is 0 Å². The Labute approximate surface area is 157 Å². The van der Waals surface area contributed by atoms with Crippen LogP contribution in [0.25, 0.3) is 0 Å². The minimum absolute atomic E-state index is 0. The number of nitrogens with one attached hydrogen (secondary N) is 1. The number of imidazole rings is 1. The Morgan fingerprint density at radius 3 is 2.92 bits per heavy atom. The van der Waals surface area contributed by atoms with Crippen LogP contribution in [-0.4, -0.2) is 46.5 Å². The minimum atomic E-state index is 0. The quantitative estimate of drug-likeness (QED) is 0.859. The molecule has 1 N–H and O–H groups in total. The van der Waals surface area contributed by atoms with Gasteiger partial charge >= 0.3 is 0 Å². The largest absolute Gasteiger partial charge is 0.341 e. The van der Waals surface area contributed by atoms with Crippen LogP contribution < -0.4 is 5.32 Å². The third kappa shape index (κ3) is 5.11. The molecule has 138 valence electrons. The Kier molecular flexibility index (Phi) is 9.09. The van der Waals surface area contributed by atoms with E-state index in [0.717, 1.165) is 57.7 Å². The summed E-state index contributed by atoms with van der Waals surface area (Å²) in [5.41, 5.74) is 0. The highest BCUT2D eigenvalue weighted by Gasteiger charge is 2.26. The van der Waals surface area contributed by atoms with Gasteiger partial charge in [0.25, 0.3) is 0 Å². The van der Waals surface area contributed by atoms with Crippen LogP contribution in [0.3, 0.4) is 0 Å². The van der Waals surface area contributed by atoms with Gasteiger partial charge in [-0.3, -0.25) is 4.79 Å². The molecule has 1 amide bonds. The fourth-order valence-corrected chi connectivity index (χ4v) is 3.81. The van der Waals surface area contributed by atoms with E-state index in [1.54, 1.807) is 0 Å². The van der Waals surface area contributed by atoms with Crippen LogP contribution in [0.2, 0.25) is 0 Å². The minimum Gasteiger partial charge on any atom is -0.341 e. The molecule has 0 aromatic carbocycles. The first kappa shape index (κ1) is 21.3. The standard InChI is InChI=1S/C17H28N4O.2ClH/c1-2-16-19-9-11-21(16)15-4-3-10-20(13-15)17(22)6-5-14-7-8-18-12-14;;/h9,11,14-15,18H,2-8,10,12-13H2,1H3;2*1H. The van der Waals surface area contributed by atoms with Crippen LogP contribution in [-0.2, 0) is 11.2 Å². The van der Waals surface area contributed by atoms with Crippen molar-refractivity contribution in [1.29, 1.82) is 0 Å². The molecule has 0 aliphatic carbocycles. The highest BCUT2D eigenvalue weighted by atomic mass is 35.5. The third-order valence-corrected chi connectivity index (χ3v) is 5.14. The monoisotopic (exact) mass is 376 g/mol. The fraction of sp³-hybridized carbons (Fsp3) is 0.765. The lowest BCUT2D eigenvalue weighted by atomic mass is 10.0. The second-order valence-electron chi connectivity index (χ2n) is 6.64. The molecule has 2 aliphatic rings. The first-order valence-electron chi connectivity index (χ1n) is 8.78. The first-order valence-corrected chi connectivity index (χ1v) is 8.78. The Bertz CT molecular complexity index is 503. The molecule has 5 nitrogen and oxygen atoms in total. The number of rotatable bonds is 5. The van der Waals surface area contributed by atoms with Gasteiger partial charge in [0.1, 0.15) is 5.82 Å². The molecule has 2 aliphatic heterocycles. The average molecular weight is 377 g/mol. The van der Waals surface area contributed by atoms with E-state index in [2.05, 4.69) is 32.9 Å². The van der Waals surface area contributed by atoms with Gasteiger partial charge in [-0.1, -0.05) is 6.92 Å². The zero-order chi connectivity index (χ0) is 15.4. The Balaban J connectivity index is 0.00000144. The highest BCUT2D eigenvalue weighted by molar-refractivity contribution is 5.85. The third-order valence-electron chi connectivity index (χ3n) is 5.14. The summed E-state index contributed by atoms with van der Waals surface area (Å²) >= 11 is 0. The summed E-state index contributed by atoms with van der Waals surface area (Å²) in [7, 11) is 0. The number of halogens is 2. The van der Waals surface area contributed by atoms with Crippen molar-refractivity contribution in [2.75, 3.05) is 26.2 Å². The summed E-state index contributed by atoms with van der Waals surface area (Å²) < 4.78 is 2.28. The predicted molar refractivity (Wildman–Crippen MR) is 101 cm³/mol. The molecular weight excluding hydrogens is 347 g/mol. The first-order chi connectivity index (χ1) is 10.8. The second kappa shape index (κ2) is 10.3. The van der Waals surface area contributed by atoms with E-state index >= 15 is 0 Å². The number of amides is 1. The van der Waals surface area contributed by atoms with Gasteiger partial charge in [-0.25, -0.2) is 4.98 Å². The molecule has 0 radical (unpaired) electrons. The molecule has 1 aromatic rings. The predicted octanol–water partition coefficient (Wildman–Crippen LogP) is 2.84. The summed E-state index contributed by atoms with van der Waals surface area (Å²) in [5, 5.41) is 3.38. The summed E-state index contributed by atoms with van der Waals surface area (Å²) in [6.45, 7) is 6.12. The maximum absolute atomic E-state index is 12.5. The SMILES string of the molecule is CCc1nccn1C1CCCN(C(=O)CCC2CCNC2)C1.Cl.Cl. The van der Waals surface area contributed by atoms with Crippen molar-refractivity contribution in [2.24, 2.45) is 5.92 Å². The average Bonchev–Trinajstić information content (AvgIpc) is 3.23. The molecule has 0 saturated carbocycles. The maximum atomic E-state index is 12.5. The van der Waals surface area contributed by atoms with E-state index in [1.165, 1.54) is 6.42 Å². The molecule has 0 bridgehead atoms. The van der Waals surface area contributed by atoms with Gasteiger partial charge in [-0.05, 0) is 44.7 Å². The fourth-order valence-electron chi connectivity index (χ4n) is 3.81. The number of hydrogen-bond acceptors (Lipinski definition) is 3. The number of aromatic nitrogens is 2. The Morgan fingerprint density at radius 1 is 1.38 bits per heavy atom. The van der Waals surface area contributed by atoms with Crippen molar-refractivity contribution in [3.8, 4) is 0 Å². The van der Waals surface area contributed by atoms with Crippen LogP contribution >= 0.6 is 24.8 Å². The number of hydrogen-bond donors (Lipinski definition) is 1. The lowest BCUT2D eigenvalue weighted by Gasteiger charge is -2.34. The van der Waals surface area contributed by atoms with Gasteiger partial charge in [0.05, 0.1) is 6.04 Å². The van der Waals surface area contributed by atoms with E-state index in [1.807, 2.05) is 6.20 Å². The van der Waals surface area contributed by atoms with Gasteiger partial charge in [-0.15, -0.1) is 24.8 Å². The van der Waals surface area contributed by atoms with Crippen molar-refractivity contribution >= 4 is 30.7 Å². The number of carbonyl (C=O) groups excluding carboxylic acids is 1. The molecular formula is C17H30Cl2N4O. The van der Waals surface area contributed by atoms with Crippen LogP contribution in [0, 0.1) is 5.92 Å².